The lowest BCUT2D eigenvalue weighted by atomic mass is 10.1. The lowest BCUT2D eigenvalue weighted by Gasteiger charge is -2.05. The molecule has 1 aromatic carbocycles. The Morgan fingerprint density at radius 1 is 1.47 bits per heavy atom. The fraction of sp³-hybridized carbons (Fsp3) is 0.273. The summed E-state index contributed by atoms with van der Waals surface area (Å²) in [6.07, 6.45) is 0. The number of carbonyl (C=O) groups excluding carboxylic acids is 1. The highest BCUT2D eigenvalue weighted by Gasteiger charge is 1.98. The topological polar surface area (TPSA) is 64.9 Å². The Morgan fingerprint density at radius 3 is 2.93 bits per heavy atom. The van der Waals surface area contributed by atoms with Crippen LogP contribution in [0.5, 0.6) is 0 Å². The third kappa shape index (κ3) is 4.14. The predicted molar refractivity (Wildman–Crippen MR) is 57.0 cm³/mol. The molecule has 0 spiro atoms. The molecule has 0 aliphatic heterocycles. The quantitative estimate of drug-likeness (QED) is 0.727. The molecule has 1 aromatic rings. The molecule has 0 saturated carbocycles. The van der Waals surface area contributed by atoms with Crippen molar-refractivity contribution >= 4 is 6.03 Å². The highest BCUT2D eigenvalue weighted by atomic mass is 16.2. The second-order valence-electron chi connectivity index (χ2n) is 3.18. The van der Waals surface area contributed by atoms with E-state index in [-0.39, 0.29) is 12.6 Å². The first-order chi connectivity index (χ1) is 7.22. The Balaban J connectivity index is 2.37. The molecule has 0 heterocycles. The third-order valence-corrected chi connectivity index (χ3v) is 1.86. The van der Waals surface area contributed by atoms with E-state index < -0.39 is 0 Å². The van der Waals surface area contributed by atoms with Gasteiger partial charge in [0, 0.05) is 6.54 Å². The van der Waals surface area contributed by atoms with Gasteiger partial charge in [0.25, 0.3) is 0 Å². The summed E-state index contributed by atoms with van der Waals surface area (Å²) in [6.45, 7) is 2.50. The van der Waals surface area contributed by atoms with Crippen LogP contribution in [0.1, 0.15) is 11.1 Å². The standard InChI is InChI=1S/C11H13N3O/c1-9-3-2-4-10(7-9)8-14-11(15)13-6-5-12/h2-4,7H,6,8H2,1H3,(H2,13,14,15). The van der Waals surface area contributed by atoms with E-state index in [1.165, 1.54) is 0 Å². The number of carbonyl (C=O) groups is 1. The van der Waals surface area contributed by atoms with Crippen LogP contribution in [0.4, 0.5) is 4.79 Å². The maximum atomic E-state index is 11.1. The average Bonchev–Trinajstić information content (AvgIpc) is 2.23. The van der Waals surface area contributed by atoms with E-state index in [0.29, 0.717) is 6.54 Å². The van der Waals surface area contributed by atoms with Gasteiger partial charge >= 0.3 is 6.03 Å². The molecular weight excluding hydrogens is 190 g/mol. The minimum absolute atomic E-state index is 0.0274. The van der Waals surface area contributed by atoms with E-state index in [2.05, 4.69) is 10.6 Å². The van der Waals surface area contributed by atoms with Crippen LogP contribution in [-0.2, 0) is 6.54 Å². The molecular formula is C11H13N3O. The number of aryl methyl sites for hydroxylation is 1. The summed E-state index contributed by atoms with van der Waals surface area (Å²) in [6, 6.07) is 9.40. The number of hydrogen-bond acceptors (Lipinski definition) is 2. The summed E-state index contributed by atoms with van der Waals surface area (Å²) in [4.78, 5) is 11.1. The Morgan fingerprint density at radius 2 is 2.27 bits per heavy atom. The molecule has 4 heteroatoms. The van der Waals surface area contributed by atoms with Gasteiger partial charge in [-0.1, -0.05) is 29.8 Å². The summed E-state index contributed by atoms with van der Waals surface area (Å²) in [7, 11) is 0. The van der Waals surface area contributed by atoms with E-state index >= 15 is 0 Å². The van der Waals surface area contributed by atoms with Crippen molar-refractivity contribution in [3.8, 4) is 6.07 Å². The highest BCUT2D eigenvalue weighted by molar-refractivity contribution is 5.74. The number of benzene rings is 1. The van der Waals surface area contributed by atoms with Gasteiger partial charge in [0.15, 0.2) is 0 Å². The van der Waals surface area contributed by atoms with Crippen LogP contribution in [-0.4, -0.2) is 12.6 Å². The largest absolute Gasteiger partial charge is 0.334 e. The van der Waals surface area contributed by atoms with Gasteiger partial charge in [0.05, 0.1) is 6.07 Å². The third-order valence-electron chi connectivity index (χ3n) is 1.86. The second kappa shape index (κ2) is 5.66. The van der Waals surface area contributed by atoms with Gasteiger partial charge in [-0.15, -0.1) is 0 Å². The number of urea groups is 1. The number of rotatable bonds is 3. The van der Waals surface area contributed by atoms with Crippen LogP contribution in [0, 0.1) is 18.3 Å². The fourth-order valence-corrected chi connectivity index (χ4v) is 1.19. The molecule has 0 fully saturated rings. The number of nitriles is 1. The van der Waals surface area contributed by atoms with Gasteiger partial charge in [-0.25, -0.2) is 4.79 Å². The SMILES string of the molecule is Cc1cccc(CNC(=O)NCC#N)c1. The van der Waals surface area contributed by atoms with Gasteiger partial charge in [-0.2, -0.15) is 5.26 Å². The van der Waals surface area contributed by atoms with Crippen LogP contribution in [0.15, 0.2) is 24.3 Å². The summed E-state index contributed by atoms with van der Waals surface area (Å²) < 4.78 is 0. The van der Waals surface area contributed by atoms with Crippen LogP contribution in [0.2, 0.25) is 0 Å². The van der Waals surface area contributed by atoms with Crippen LogP contribution in [0.3, 0.4) is 0 Å². The van der Waals surface area contributed by atoms with E-state index in [0.717, 1.165) is 11.1 Å². The van der Waals surface area contributed by atoms with Crippen molar-refractivity contribution in [2.75, 3.05) is 6.54 Å². The molecule has 0 bridgehead atoms. The molecule has 2 amide bonds. The molecule has 0 aromatic heterocycles. The molecule has 78 valence electrons. The molecule has 4 nitrogen and oxygen atoms in total. The smallest absolute Gasteiger partial charge is 0.315 e. The zero-order chi connectivity index (χ0) is 11.1. The van der Waals surface area contributed by atoms with Gasteiger partial charge in [-0.3, -0.25) is 0 Å². The summed E-state index contributed by atoms with van der Waals surface area (Å²) in [5.41, 5.74) is 2.20. The first-order valence-electron chi connectivity index (χ1n) is 4.66. The molecule has 0 radical (unpaired) electrons. The Kier molecular flexibility index (Phi) is 4.17. The lowest BCUT2D eigenvalue weighted by molar-refractivity contribution is 0.241. The average molecular weight is 203 g/mol. The molecule has 0 aliphatic rings. The zero-order valence-corrected chi connectivity index (χ0v) is 8.58. The van der Waals surface area contributed by atoms with Gasteiger partial charge in [-0.05, 0) is 12.5 Å². The van der Waals surface area contributed by atoms with E-state index in [1.807, 2.05) is 37.3 Å². The Bertz CT molecular complexity index is 382. The van der Waals surface area contributed by atoms with Crippen molar-refractivity contribution in [1.82, 2.24) is 10.6 Å². The van der Waals surface area contributed by atoms with Crippen LogP contribution >= 0.6 is 0 Å². The first kappa shape index (κ1) is 11.1. The molecule has 1 rings (SSSR count). The molecule has 0 aliphatic carbocycles. The predicted octanol–water partition coefficient (Wildman–Crippen LogP) is 1.32. The van der Waals surface area contributed by atoms with Crippen molar-refractivity contribution in [2.45, 2.75) is 13.5 Å². The molecule has 0 atom stereocenters. The molecule has 0 saturated heterocycles. The number of hydrogen-bond donors (Lipinski definition) is 2. The normalized spacial score (nSPS) is 9.07. The van der Waals surface area contributed by atoms with Gasteiger partial charge < -0.3 is 10.6 Å². The van der Waals surface area contributed by atoms with E-state index in [1.54, 1.807) is 0 Å². The van der Waals surface area contributed by atoms with Gasteiger partial charge in [0.2, 0.25) is 0 Å². The van der Waals surface area contributed by atoms with Crippen LogP contribution < -0.4 is 10.6 Å². The minimum Gasteiger partial charge on any atom is -0.334 e. The maximum absolute atomic E-state index is 11.1. The number of amides is 2. The van der Waals surface area contributed by atoms with Crippen molar-refractivity contribution in [1.29, 1.82) is 5.26 Å². The Hall–Kier alpha value is -2.02. The van der Waals surface area contributed by atoms with Crippen molar-refractivity contribution in [3.05, 3.63) is 35.4 Å². The van der Waals surface area contributed by atoms with Crippen molar-refractivity contribution < 1.29 is 4.79 Å². The molecule has 15 heavy (non-hydrogen) atoms. The molecule has 0 unspecified atom stereocenters. The molecule has 2 N–H and O–H groups in total. The van der Waals surface area contributed by atoms with E-state index in [9.17, 15) is 4.79 Å². The fourth-order valence-electron chi connectivity index (χ4n) is 1.19. The van der Waals surface area contributed by atoms with Crippen molar-refractivity contribution in [2.24, 2.45) is 0 Å². The number of nitrogens with zero attached hydrogens (tertiary/aromatic N) is 1. The lowest BCUT2D eigenvalue weighted by Crippen LogP contribution is -2.35. The van der Waals surface area contributed by atoms with Crippen molar-refractivity contribution in [3.63, 3.8) is 0 Å². The second-order valence-corrected chi connectivity index (χ2v) is 3.18. The summed E-state index contributed by atoms with van der Waals surface area (Å²) in [5.74, 6) is 0. The summed E-state index contributed by atoms with van der Waals surface area (Å²) in [5, 5.41) is 13.3. The van der Waals surface area contributed by atoms with Gasteiger partial charge in [0.1, 0.15) is 6.54 Å². The maximum Gasteiger partial charge on any atom is 0.315 e. The minimum atomic E-state index is -0.321. The zero-order valence-electron chi connectivity index (χ0n) is 8.58. The highest BCUT2D eigenvalue weighted by Crippen LogP contribution is 2.02. The Labute approximate surface area is 88.9 Å². The number of nitrogens with one attached hydrogen (secondary N) is 2. The monoisotopic (exact) mass is 203 g/mol. The van der Waals surface area contributed by atoms with E-state index in [4.69, 9.17) is 5.26 Å². The first-order valence-corrected chi connectivity index (χ1v) is 4.66. The summed E-state index contributed by atoms with van der Waals surface area (Å²) >= 11 is 0. The van der Waals surface area contributed by atoms with Crippen LogP contribution in [0.25, 0.3) is 0 Å².